The van der Waals surface area contributed by atoms with Gasteiger partial charge in [0.2, 0.25) is 5.91 Å². The lowest BCUT2D eigenvalue weighted by molar-refractivity contribution is -0.145. The van der Waals surface area contributed by atoms with E-state index in [1.54, 1.807) is 0 Å². The van der Waals surface area contributed by atoms with Crippen LogP contribution in [0.2, 0.25) is 0 Å². The number of aliphatic imine (C=N–C) groups is 1. The molecule has 0 aliphatic carbocycles. The van der Waals surface area contributed by atoms with Gasteiger partial charge >= 0.3 is 5.97 Å². The Balaban J connectivity index is 3.97. The molecule has 3 N–H and O–H groups in total. The quantitative estimate of drug-likeness (QED) is 0.221. The number of amidine groups is 1. The minimum Gasteiger partial charge on any atom is -0.467 e. The summed E-state index contributed by atoms with van der Waals surface area (Å²) in [5, 5.41) is 2.55. The predicted octanol–water partition coefficient (Wildman–Crippen LogP) is 0.430. The second kappa shape index (κ2) is 9.70. The average molecular weight is 278 g/mol. The summed E-state index contributed by atoms with van der Waals surface area (Å²) in [7, 11) is 1.29. The summed E-state index contributed by atoms with van der Waals surface area (Å²) >= 11 is 5.47. The SMILES string of the molecule is COC(=O)[C@H](CCCCN=C(N)CCl)NC(C)=O. The first-order chi connectivity index (χ1) is 8.51. The molecule has 104 valence electrons. The Morgan fingerprint density at radius 1 is 1.44 bits per heavy atom. The molecule has 1 amide bonds. The minimum atomic E-state index is -0.596. The van der Waals surface area contributed by atoms with Crippen LogP contribution in [0.25, 0.3) is 0 Å². The molecule has 0 saturated carbocycles. The molecule has 0 heterocycles. The van der Waals surface area contributed by atoms with Gasteiger partial charge in [0.05, 0.1) is 13.0 Å². The van der Waals surface area contributed by atoms with E-state index in [1.165, 1.54) is 14.0 Å². The minimum absolute atomic E-state index is 0.219. The van der Waals surface area contributed by atoms with Crippen LogP contribution in [0.15, 0.2) is 4.99 Å². The van der Waals surface area contributed by atoms with Crippen molar-refractivity contribution in [2.45, 2.75) is 32.2 Å². The van der Waals surface area contributed by atoms with E-state index in [2.05, 4.69) is 15.0 Å². The van der Waals surface area contributed by atoms with Crippen LogP contribution >= 0.6 is 11.6 Å². The lowest BCUT2D eigenvalue weighted by Crippen LogP contribution is -2.40. The first kappa shape index (κ1) is 16.7. The number of nitrogens with one attached hydrogen (secondary N) is 1. The van der Waals surface area contributed by atoms with E-state index in [1.807, 2.05) is 0 Å². The number of unbranched alkanes of at least 4 members (excludes halogenated alkanes) is 1. The summed E-state index contributed by atoms with van der Waals surface area (Å²) in [5.74, 6) is -0.0664. The van der Waals surface area contributed by atoms with Gasteiger partial charge in [-0.3, -0.25) is 9.79 Å². The number of carbonyl (C=O) groups excluding carboxylic acids is 2. The van der Waals surface area contributed by atoms with Crippen LogP contribution in [0, 0.1) is 0 Å². The first-order valence-corrected chi connectivity index (χ1v) is 6.24. The highest BCUT2D eigenvalue weighted by Crippen LogP contribution is 2.03. The Morgan fingerprint density at radius 2 is 2.11 bits per heavy atom. The number of esters is 1. The highest BCUT2D eigenvalue weighted by Gasteiger charge is 2.19. The van der Waals surface area contributed by atoms with E-state index in [-0.39, 0.29) is 11.8 Å². The molecule has 0 aliphatic heterocycles. The third kappa shape index (κ3) is 7.89. The summed E-state index contributed by atoms with van der Waals surface area (Å²) in [6.45, 7) is 1.92. The van der Waals surface area contributed by atoms with E-state index in [9.17, 15) is 9.59 Å². The van der Waals surface area contributed by atoms with E-state index in [0.717, 1.165) is 12.8 Å². The number of nitrogens with zero attached hydrogens (tertiary/aromatic N) is 1. The average Bonchev–Trinajstić information content (AvgIpc) is 2.35. The van der Waals surface area contributed by atoms with Gasteiger partial charge in [-0.25, -0.2) is 4.79 Å². The van der Waals surface area contributed by atoms with Gasteiger partial charge in [0.1, 0.15) is 11.9 Å². The van der Waals surface area contributed by atoms with Crippen molar-refractivity contribution in [2.24, 2.45) is 10.7 Å². The van der Waals surface area contributed by atoms with E-state index in [0.29, 0.717) is 18.8 Å². The van der Waals surface area contributed by atoms with Crippen LogP contribution in [0.3, 0.4) is 0 Å². The van der Waals surface area contributed by atoms with Crippen molar-refractivity contribution in [3.8, 4) is 0 Å². The summed E-state index contributed by atoms with van der Waals surface area (Å²) in [6, 6.07) is -0.596. The second-order valence-corrected chi connectivity index (χ2v) is 4.05. The van der Waals surface area contributed by atoms with Crippen LogP contribution in [-0.2, 0) is 14.3 Å². The van der Waals surface area contributed by atoms with Crippen molar-refractivity contribution >= 4 is 29.3 Å². The highest BCUT2D eigenvalue weighted by molar-refractivity contribution is 6.27. The Morgan fingerprint density at radius 3 is 2.61 bits per heavy atom. The normalized spacial score (nSPS) is 12.9. The van der Waals surface area contributed by atoms with Crippen LogP contribution in [-0.4, -0.2) is 43.3 Å². The van der Waals surface area contributed by atoms with Gasteiger partial charge in [0.15, 0.2) is 0 Å². The predicted molar refractivity (Wildman–Crippen MR) is 70.7 cm³/mol. The van der Waals surface area contributed by atoms with Crippen LogP contribution in [0.1, 0.15) is 26.2 Å². The first-order valence-electron chi connectivity index (χ1n) is 5.71. The fraction of sp³-hybridized carbons (Fsp3) is 0.727. The maximum absolute atomic E-state index is 11.4. The number of carbonyl (C=O) groups is 2. The number of hydrogen-bond donors (Lipinski definition) is 2. The molecular weight excluding hydrogens is 258 g/mol. The van der Waals surface area contributed by atoms with Gasteiger partial charge in [-0.05, 0) is 19.3 Å². The van der Waals surface area contributed by atoms with Gasteiger partial charge < -0.3 is 15.8 Å². The Bertz CT molecular complexity index is 308. The van der Waals surface area contributed by atoms with Gasteiger partial charge in [-0.1, -0.05) is 0 Å². The molecule has 0 aromatic heterocycles. The fourth-order valence-corrected chi connectivity index (χ4v) is 1.45. The third-order valence-electron chi connectivity index (χ3n) is 2.22. The molecular formula is C11H20ClN3O3. The third-order valence-corrected chi connectivity index (χ3v) is 2.49. The number of alkyl halides is 1. The van der Waals surface area contributed by atoms with E-state index in [4.69, 9.17) is 17.3 Å². The van der Waals surface area contributed by atoms with Crippen molar-refractivity contribution in [3.63, 3.8) is 0 Å². The molecule has 0 spiro atoms. The summed E-state index contributed by atoms with van der Waals surface area (Å²) < 4.78 is 4.61. The van der Waals surface area contributed by atoms with Gasteiger partial charge in [-0.2, -0.15) is 0 Å². The van der Waals surface area contributed by atoms with Gasteiger partial charge in [0.25, 0.3) is 0 Å². The Kier molecular flexibility index (Phi) is 9.00. The van der Waals surface area contributed by atoms with Crippen LogP contribution < -0.4 is 11.1 Å². The highest BCUT2D eigenvalue weighted by atomic mass is 35.5. The standard InChI is InChI=1S/C11H20ClN3O3/c1-8(16)15-9(11(17)18-2)5-3-4-6-14-10(13)7-12/h9H,3-7H2,1-2H3,(H2,13,14)(H,15,16)/t9-/m0/s1. The molecule has 6 nitrogen and oxygen atoms in total. The van der Waals surface area contributed by atoms with E-state index >= 15 is 0 Å². The Hall–Kier alpha value is -1.30. The van der Waals surface area contributed by atoms with Crippen LogP contribution in [0.4, 0.5) is 0 Å². The summed E-state index contributed by atoms with van der Waals surface area (Å²) in [5.41, 5.74) is 5.44. The van der Waals surface area contributed by atoms with Crippen molar-refractivity contribution in [3.05, 3.63) is 0 Å². The molecule has 0 bridgehead atoms. The maximum Gasteiger partial charge on any atom is 0.328 e. The molecule has 1 atom stereocenters. The topological polar surface area (TPSA) is 93.8 Å². The van der Waals surface area contributed by atoms with Crippen molar-refractivity contribution in [2.75, 3.05) is 19.5 Å². The zero-order valence-corrected chi connectivity index (χ0v) is 11.5. The lowest BCUT2D eigenvalue weighted by Gasteiger charge is -2.14. The van der Waals surface area contributed by atoms with Gasteiger partial charge in [-0.15, -0.1) is 11.6 Å². The molecule has 0 unspecified atom stereocenters. The number of rotatable bonds is 8. The number of ether oxygens (including phenoxy) is 1. The number of nitrogens with two attached hydrogens (primary N) is 1. The molecule has 0 aromatic rings. The fourth-order valence-electron chi connectivity index (χ4n) is 1.36. The van der Waals surface area contributed by atoms with E-state index < -0.39 is 12.0 Å². The molecule has 18 heavy (non-hydrogen) atoms. The van der Waals surface area contributed by atoms with Gasteiger partial charge in [0, 0.05) is 13.5 Å². The van der Waals surface area contributed by atoms with Crippen LogP contribution in [0.5, 0.6) is 0 Å². The maximum atomic E-state index is 11.4. The number of amides is 1. The lowest BCUT2D eigenvalue weighted by atomic mass is 10.1. The molecule has 0 fully saturated rings. The molecule has 0 aliphatic rings. The molecule has 7 heteroatoms. The summed E-state index contributed by atoms with van der Waals surface area (Å²) in [4.78, 5) is 26.3. The number of hydrogen-bond acceptors (Lipinski definition) is 4. The molecule has 0 aromatic carbocycles. The van der Waals surface area contributed by atoms with Crippen molar-refractivity contribution in [1.82, 2.24) is 5.32 Å². The molecule has 0 saturated heterocycles. The van der Waals surface area contributed by atoms with Crippen molar-refractivity contribution in [1.29, 1.82) is 0 Å². The second-order valence-electron chi connectivity index (χ2n) is 3.78. The molecule has 0 rings (SSSR count). The largest absolute Gasteiger partial charge is 0.467 e. The zero-order chi connectivity index (χ0) is 14.0. The zero-order valence-electron chi connectivity index (χ0n) is 10.7. The number of halogens is 1. The Labute approximate surface area is 112 Å². The molecule has 0 radical (unpaired) electrons. The smallest absolute Gasteiger partial charge is 0.328 e. The monoisotopic (exact) mass is 277 g/mol. The summed E-state index contributed by atoms with van der Waals surface area (Å²) in [6.07, 6.45) is 2.02. The van der Waals surface area contributed by atoms with Crippen molar-refractivity contribution < 1.29 is 14.3 Å². The number of methoxy groups -OCH3 is 1.